The summed E-state index contributed by atoms with van der Waals surface area (Å²) in [6, 6.07) is 14.3. The monoisotopic (exact) mass is 250 g/mol. The molecule has 1 N–H and O–H groups in total. The molecule has 3 nitrogen and oxygen atoms in total. The molecule has 94 valence electrons. The van der Waals surface area contributed by atoms with E-state index in [9.17, 15) is 4.79 Å². The zero-order valence-corrected chi connectivity index (χ0v) is 10.9. The number of aryl methyl sites for hydroxylation is 2. The molecular formula is C16H14N2O. The largest absolute Gasteiger partial charge is 0.345 e. The summed E-state index contributed by atoms with van der Waals surface area (Å²) in [6.07, 6.45) is 0. The van der Waals surface area contributed by atoms with Crippen molar-refractivity contribution in [2.75, 3.05) is 0 Å². The first-order chi connectivity index (χ1) is 9.11. The van der Waals surface area contributed by atoms with E-state index in [4.69, 9.17) is 0 Å². The first kappa shape index (κ1) is 11.7. The van der Waals surface area contributed by atoms with E-state index in [1.54, 1.807) is 0 Å². The molecule has 2 aromatic carbocycles. The van der Waals surface area contributed by atoms with E-state index in [0.717, 1.165) is 16.6 Å². The second-order valence-electron chi connectivity index (χ2n) is 4.82. The third kappa shape index (κ3) is 2.27. The smallest absolute Gasteiger partial charge is 0.310 e. The second kappa shape index (κ2) is 4.35. The van der Waals surface area contributed by atoms with Gasteiger partial charge in [-0.05, 0) is 36.8 Å². The number of aromatic nitrogens is 2. The van der Waals surface area contributed by atoms with Crippen LogP contribution in [-0.2, 0) is 0 Å². The first-order valence-corrected chi connectivity index (χ1v) is 6.20. The number of hydrogen-bond donors (Lipinski definition) is 1. The van der Waals surface area contributed by atoms with Gasteiger partial charge < -0.3 is 4.98 Å². The number of fused-ring (bicyclic) bond motifs is 1. The molecule has 0 atom stereocenters. The average molecular weight is 250 g/mol. The molecule has 0 aliphatic carbocycles. The lowest BCUT2D eigenvalue weighted by atomic mass is 10.0. The van der Waals surface area contributed by atoms with Gasteiger partial charge in [0, 0.05) is 11.3 Å². The molecule has 1 heterocycles. The molecule has 0 bridgehead atoms. The average Bonchev–Trinajstić information content (AvgIpc) is 2.37. The van der Waals surface area contributed by atoms with Crippen molar-refractivity contribution in [2.24, 2.45) is 0 Å². The highest BCUT2D eigenvalue weighted by Gasteiger charge is 2.03. The van der Waals surface area contributed by atoms with E-state index in [-0.39, 0.29) is 5.69 Å². The number of nitrogens with one attached hydrogen (secondary N) is 1. The van der Waals surface area contributed by atoms with Crippen LogP contribution in [0.1, 0.15) is 11.3 Å². The van der Waals surface area contributed by atoms with Crippen LogP contribution in [0.5, 0.6) is 0 Å². The molecular weight excluding hydrogens is 236 g/mol. The fraction of sp³-hybridized carbons (Fsp3) is 0.125. The van der Waals surface area contributed by atoms with Crippen molar-refractivity contribution >= 4 is 10.8 Å². The zero-order chi connectivity index (χ0) is 13.4. The fourth-order valence-corrected chi connectivity index (χ4v) is 2.25. The maximum absolute atomic E-state index is 11.4. The molecule has 0 radical (unpaired) electrons. The van der Waals surface area contributed by atoms with Crippen molar-refractivity contribution < 1.29 is 0 Å². The van der Waals surface area contributed by atoms with Crippen molar-refractivity contribution in [1.29, 1.82) is 0 Å². The summed E-state index contributed by atoms with van der Waals surface area (Å²) in [6.45, 7) is 3.94. The molecule has 0 fully saturated rings. The molecule has 3 aromatic rings. The number of H-pyrrole nitrogens is 1. The van der Waals surface area contributed by atoms with Gasteiger partial charge in [0.05, 0.1) is 5.69 Å². The normalized spacial score (nSPS) is 10.8. The zero-order valence-electron chi connectivity index (χ0n) is 10.9. The quantitative estimate of drug-likeness (QED) is 0.720. The van der Waals surface area contributed by atoms with Crippen molar-refractivity contribution in [3.63, 3.8) is 0 Å². The Kier molecular flexibility index (Phi) is 2.67. The molecule has 0 saturated heterocycles. The Morgan fingerprint density at radius 2 is 1.68 bits per heavy atom. The Labute approximate surface area is 111 Å². The minimum atomic E-state index is -0.306. The minimum Gasteiger partial charge on any atom is -0.310 e. The summed E-state index contributed by atoms with van der Waals surface area (Å²) in [7, 11) is 0. The standard InChI is InChI=1S/C16H14N2O/c1-10-3-4-13-9-14(6-5-12(13)7-10)15-8-11(2)17-16(19)18-15/h3-9H,1-2H3,(H,17,18,19). The van der Waals surface area contributed by atoms with Crippen molar-refractivity contribution in [1.82, 2.24) is 9.97 Å². The van der Waals surface area contributed by atoms with Gasteiger partial charge in [-0.3, -0.25) is 0 Å². The maximum Gasteiger partial charge on any atom is 0.345 e. The highest BCUT2D eigenvalue weighted by Crippen LogP contribution is 2.23. The van der Waals surface area contributed by atoms with Gasteiger partial charge in [-0.1, -0.05) is 35.9 Å². The van der Waals surface area contributed by atoms with E-state index in [2.05, 4.69) is 47.2 Å². The van der Waals surface area contributed by atoms with Crippen LogP contribution in [0.3, 0.4) is 0 Å². The van der Waals surface area contributed by atoms with E-state index in [1.165, 1.54) is 10.9 Å². The van der Waals surface area contributed by atoms with Crippen LogP contribution in [0.2, 0.25) is 0 Å². The van der Waals surface area contributed by atoms with Crippen LogP contribution in [-0.4, -0.2) is 9.97 Å². The number of benzene rings is 2. The van der Waals surface area contributed by atoms with Gasteiger partial charge in [-0.25, -0.2) is 4.79 Å². The number of hydrogen-bond acceptors (Lipinski definition) is 2. The van der Waals surface area contributed by atoms with Crippen molar-refractivity contribution in [3.8, 4) is 11.3 Å². The Hall–Kier alpha value is -2.42. The second-order valence-corrected chi connectivity index (χ2v) is 4.82. The molecule has 0 unspecified atom stereocenters. The fourth-order valence-electron chi connectivity index (χ4n) is 2.25. The van der Waals surface area contributed by atoms with Gasteiger partial charge in [0.25, 0.3) is 0 Å². The Bertz CT molecular complexity index is 818. The lowest BCUT2D eigenvalue weighted by molar-refractivity contribution is 1.03. The third-order valence-corrected chi connectivity index (χ3v) is 3.17. The van der Waals surface area contributed by atoms with E-state index >= 15 is 0 Å². The molecule has 0 aliphatic rings. The van der Waals surface area contributed by atoms with E-state index in [0.29, 0.717) is 5.69 Å². The molecule has 1 aromatic heterocycles. The molecule has 0 amide bonds. The Balaban J connectivity index is 2.20. The summed E-state index contributed by atoms with van der Waals surface area (Å²) in [5.74, 6) is 0. The van der Waals surface area contributed by atoms with Gasteiger partial charge >= 0.3 is 5.69 Å². The predicted molar refractivity (Wildman–Crippen MR) is 77.3 cm³/mol. The Morgan fingerprint density at radius 1 is 0.947 bits per heavy atom. The lowest BCUT2D eigenvalue weighted by Gasteiger charge is -2.04. The molecule has 3 rings (SSSR count). The van der Waals surface area contributed by atoms with Gasteiger partial charge in [0.1, 0.15) is 0 Å². The van der Waals surface area contributed by atoms with Crippen LogP contribution in [0, 0.1) is 13.8 Å². The number of rotatable bonds is 1. The highest BCUT2D eigenvalue weighted by atomic mass is 16.1. The highest BCUT2D eigenvalue weighted by molar-refractivity contribution is 5.87. The molecule has 0 aliphatic heterocycles. The van der Waals surface area contributed by atoms with E-state index in [1.807, 2.05) is 19.1 Å². The summed E-state index contributed by atoms with van der Waals surface area (Å²) in [5, 5.41) is 2.35. The van der Waals surface area contributed by atoms with Crippen LogP contribution in [0.15, 0.2) is 47.3 Å². The molecule has 0 spiro atoms. The van der Waals surface area contributed by atoms with Gasteiger partial charge in [0.2, 0.25) is 0 Å². The SMILES string of the molecule is Cc1ccc2cc(-c3cc(C)[nH]c(=O)n3)ccc2c1. The lowest BCUT2D eigenvalue weighted by Crippen LogP contribution is -2.11. The number of nitrogens with zero attached hydrogens (tertiary/aromatic N) is 1. The van der Waals surface area contributed by atoms with Gasteiger partial charge in [0.15, 0.2) is 0 Å². The molecule has 0 saturated carbocycles. The van der Waals surface area contributed by atoms with Crippen molar-refractivity contribution in [2.45, 2.75) is 13.8 Å². The maximum atomic E-state index is 11.4. The first-order valence-electron chi connectivity index (χ1n) is 6.20. The summed E-state index contributed by atoms with van der Waals surface area (Å²) in [5.41, 5.74) is 3.43. The van der Waals surface area contributed by atoms with Crippen LogP contribution in [0.4, 0.5) is 0 Å². The summed E-state index contributed by atoms with van der Waals surface area (Å²) >= 11 is 0. The van der Waals surface area contributed by atoms with Gasteiger partial charge in [-0.2, -0.15) is 4.98 Å². The number of aromatic amines is 1. The Morgan fingerprint density at radius 3 is 2.47 bits per heavy atom. The van der Waals surface area contributed by atoms with E-state index < -0.39 is 0 Å². The molecule has 3 heteroatoms. The minimum absolute atomic E-state index is 0.306. The predicted octanol–water partition coefficient (Wildman–Crippen LogP) is 3.21. The van der Waals surface area contributed by atoms with Crippen molar-refractivity contribution in [3.05, 3.63) is 64.2 Å². The topological polar surface area (TPSA) is 45.8 Å². The summed E-state index contributed by atoms with van der Waals surface area (Å²) in [4.78, 5) is 18.1. The third-order valence-electron chi connectivity index (χ3n) is 3.17. The molecule has 19 heavy (non-hydrogen) atoms. The van der Waals surface area contributed by atoms with Crippen LogP contribution in [0.25, 0.3) is 22.0 Å². The van der Waals surface area contributed by atoms with Crippen LogP contribution >= 0.6 is 0 Å². The van der Waals surface area contributed by atoms with Gasteiger partial charge in [-0.15, -0.1) is 0 Å². The summed E-state index contributed by atoms with van der Waals surface area (Å²) < 4.78 is 0. The van der Waals surface area contributed by atoms with Crippen LogP contribution < -0.4 is 5.69 Å².